The predicted molar refractivity (Wildman–Crippen MR) is 39.1 cm³/mol. The number of rotatable bonds is 4. The number of hydrogen-bond acceptors (Lipinski definition) is 4. The van der Waals surface area contributed by atoms with Crippen LogP contribution in [0.2, 0.25) is 0 Å². The Morgan fingerprint density at radius 3 is 2.31 bits per heavy atom. The molecule has 0 N–H and O–H groups in total. The molecule has 0 atom stereocenters. The van der Waals surface area contributed by atoms with Crippen LogP contribution < -0.4 is 56.5 Å². The Bertz CT molecular complexity index is 234. The van der Waals surface area contributed by atoms with Gasteiger partial charge in [-0.1, -0.05) is 13.3 Å². The minimum atomic E-state index is -0.826. The van der Waals surface area contributed by atoms with Gasteiger partial charge in [0.15, 0.2) is 5.57 Å². The number of allylic oxidation sites excluding steroid dienone is 1. The van der Waals surface area contributed by atoms with E-state index in [9.17, 15) is 5.11 Å². The summed E-state index contributed by atoms with van der Waals surface area (Å²) < 4.78 is 4.61. The van der Waals surface area contributed by atoms with Crippen LogP contribution in [0.5, 0.6) is 0 Å². The fourth-order valence-electron chi connectivity index (χ4n) is 0.498. The van der Waals surface area contributed by atoms with Crippen molar-refractivity contribution >= 4 is 0 Å². The van der Waals surface area contributed by atoms with Gasteiger partial charge in [-0.3, -0.25) is 0 Å². The average molecular weight is 204 g/mol. The molecule has 64 valence electrons. The van der Waals surface area contributed by atoms with Crippen molar-refractivity contribution in [3.05, 3.63) is 11.5 Å². The number of unbranched alkanes of at least 4 members (excludes halogenated alkanes) is 1. The van der Waals surface area contributed by atoms with Crippen molar-refractivity contribution in [3.8, 4) is 12.1 Å². The molecule has 0 radical (unpaired) electrons. The molecule has 0 saturated heterocycles. The van der Waals surface area contributed by atoms with Gasteiger partial charge in [0.05, 0.1) is 5.95 Å². The first-order valence-corrected chi connectivity index (χ1v) is 3.60. The molecular formula is C8H9KN2O2. The van der Waals surface area contributed by atoms with Crippen LogP contribution in [0, 0.1) is 22.7 Å². The van der Waals surface area contributed by atoms with E-state index in [4.69, 9.17) is 10.5 Å². The molecule has 4 nitrogen and oxygen atoms in total. The summed E-state index contributed by atoms with van der Waals surface area (Å²) in [5, 5.41) is 27.3. The summed E-state index contributed by atoms with van der Waals surface area (Å²) in [5.41, 5.74) is -0.494. The van der Waals surface area contributed by atoms with Crippen molar-refractivity contribution in [2.75, 3.05) is 6.61 Å². The molecule has 0 unspecified atom stereocenters. The molecule has 0 spiro atoms. The maximum Gasteiger partial charge on any atom is 1.00 e. The Morgan fingerprint density at radius 1 is 1.38 bits per heavy atom. The zero-order valence-corrected chi connectivity index (χ0v) is 11.0. The third kappa shape index (κ3) is 7.06. The van der Waals surface area contributed by atoms with E-state index >= 15 is 0 Å². The van der Waals surface area contributed by atoms with Crippen molar-refractivity contribution in [1.82, 2.24) is 0 Å². The monoisotopic (exact) mass is 204 g/mol. The molecule has 0 aliphatic rings. The molecule has 0 bridgehead atoms. The zero-order chi connectivity index (χ0) is 9.40. The van der Waals surface area contributed by atoms with Crippen LogP contribution in [0.25, 0.3) is 0 Å². The Balaban J connectivity index is 0. The van der Waals surface area contributed by atoms with Crippen molar-refractivity contribution in [1.29, 1.82) is 10.5 Å². The molecule has 0 aromatic heterocycles. The topological polar surface area (TPSA) is 79.9 Å². The van der Waals surface area contributed by atoms with Gasteiger partial charge < -0.3 is 9.84 Å². The van der Waals surface area contributed by atoms with Crippen LogP contribution in [0.4, 0.5) is 0 Å². The first kappa shape index (κ1) is 15.4. The maximum atomic E-state index is 10.8. The van der Waals surface area contributed by atoms with Gasteiger partial charge >= 0.3 is 51.4 Å². The Kier molecular flexibility index (Phi) is 11.9. The van der Waals surface area contributed by atoms with E-state index in [0.717, 1.165) is 12.8 Å². The number of ether oxygens (including phenoxy) is 1. The van der Waals surface area contributed by atoms with Crippen LogP contribution in [0.1, 0.15) is 19.8 Å². The van der Waals surface area contributed by atoms with Gasteiger partial charge in [0.1, 0.15) is 12.1 Å². The van der Waals surface area contributed by atoms with Crippen LogP contribution in [-0.2, 0) is 4.74 Å². The number of nitriles is 2. The Morgan fingerprint density at radius 2 is 1.92 bits per heavy atom. The molecule has 13 heavy (non-hydrogen) atoms. The maximum absolute atomic E-state index is 10.8. The Labute approximate surface area is 120 Å². The smallest absolute Gasteiger partial charge is 0.612 e. The second-order valence-corrected chi connectivity index (χ2v) is 2.09. The normalized spacial score (nSPS) is 7.31. The summed E-state index contributed by atoms with van der Waals surface area (Å²) in [5.74, 6) is -0.826. The van der Waals surface area contributed by atoms with E-state index < -0.39 is 11.5 Å². The SMILES string of the molecule is CCCCOC([O-])=C(C#N)C#N.[K+]. The molecule has 0 amide bonds. The average Bonchev–Trinajstić information content (AvgIpc) is 2.07. The molecule has 0 heterocycles. The fourth-order valence-corrected chi connectivity index (χ4v) is 0.498. The van der Waals surface area contributed by atoms with Gasteiger partial charge in [0.25, 0.3) is 0 Å². The second-order valence-electron chi connectivity index (χ2n) is 2.09. The first-order valence-electron chi connectivity index (χ1n) is 3.60. The van der Waals surface area contributed by atoms with E-state index in [0.29, 0.717) is 0 Å². The van der Waals surface area contributed by atoms with Gasteiger partial charge in [-0.2, -0.15) is 10.5 Å². The van der Waals surface area contributed by atoms with Gasteiger partial charge in [-0.25, -0.2) is 0 Å². The minimum absolute atomic E-state index is 0. The number of hydrogen-bond donors (Lipinski definition) is 0. The van der Waals surface area contributed by atoms with Crippen molar-refractivity contribution in [3.63, 3.8) is 0 Å². The molecule has 0 saturated carbocycles. The van der Waals surface area contributed by atoms with Gasteiger partial charge in [-0.15, -0.1) is 0 Å². The molecule has 0 aromatic rings. The van der Waals surface area contributed by atoms with Crippen molar-refractivity contribution < 1.29 is 61.2 Å². The van der Waals surface area contributed by atoms with E-state index in [1.807, 2.05) is 6.92 Å². The standard InChI is InChI=1S/C8H10N2O2.K/c1-2-3-4-12-8(11)7(5-9)6-10;/h11H,2-4H2,1H3;/q;+1/p-1. The van der Waals surface area contributed by atoms with Gasteiger partial charge in [-0.05, 0) is 13.0 Å². The Hall–Kier alpha value is -0.0436. The van der Waals surface area contributed by atoms with Crippen LogP contribution in [0.3, 0.4) is 0 Å². The fraction of sp³-hybridized carbons (Fsp3) is 0.500. The van der Waals surface area contributed by atoms with E-state index in [2.05, 4.69) is 4.74 Å². The summed E-state index contributed by atoms with van der Waals surface area (Å²) in [6, 6.07) is 2.92. The van der Waals surface area contributed by atoms with Crippen molar-refractivity contribution in [2.24, 2.45) is 0 Å². The first-order chi connectivity index (χ1) is 5.76. The summed E-state index contributed by atoms with van der Waals surface area (Å²) >= 11 is 0. The second kappa shape index (κ2) is 10.0. The van der Waals surface area contributed by atoms with E-state index in [1.165, 1.54) is 12.1 Å². The molecule has 0 aromatic carbocycles. The third-order valence-electron chi connectivity index (χ3n) is 1.16. The molecule has 0 fully saturated rings. The summed E-state index contributed by atoms with van der Waals surface area (Å²) in [4.78, 5) is 0. The van der Waals surface area contributed by atoms with Crippen LogP contribution in [0.15, 0.2) is 11.5 Å². The van der Waals surface area contributed by atoms with Crippen LogP contribution in [-0.4, -0.2) is 6.61 Å². The minimum Gasteiger partial charge on any atom is -0.612 e. The molecule has 0 aliphatic heterocycles. The molecule has 0 aliphatic carbocycles. The van der Waals surface area contributed by atoms with Gasteiger partial charge in [0.2, 0.25) is 0 Å². The predicted octanol–water partition coefficient (Wildman–Crippen LogP) is -2.57. The molecular weight excluding hydrogens is 195 g/mol. The third-order valence-corrected chi connectivity index (χ3v) is 1.16. The van der Waals surface area contributed by atoms with Crippen LogP contribution >= 0.6 is 0 Å². The molecule has 5 heteroatoms. The summed E-state index contributed by atoms with van der Waals surface area (Å²) in [6.45, 7) is 2.22. The zero-order valence-electron chi connectivity index (χ0n) is 7.83. The number of nitrogens with zero attached hydrogens (tertiary/aromatic N) is 2. The summed E-state index contributed by atoms with van der Waals surface area (Å²) in [7, 11) is 0. The molecule has 0 rings (SSSR count). The quantitative estimate of drug-likeness (QED) is 0.218. The van der Waals surface area contributed by atoms with E-state index in [-0.39, 0.29) is 58.0 Å². The van der Waals surface area contributed by atoms with Gasteiger partial charge in [0, 0.05) is 0 Å². The van der Waals surface area contributed by atoms with Crippen molar-refractivity contribution in [2.45, 2.75) is 19.8 Å². The van der Waals surface area contributed by atoms with E-state index in [1.54, 1.807) is 0 Å². The largest absolute Gasteiger partial charge is 1.00 e. The summed E-state index contributed by atoms with van der Waals surface area (Å²) in [6.07, 6.45) is 1.65.